The molecule has 0 aromatic carbocycles. The first-order valence-electron chi connectivity index (χ1n) is 8.30. The molecular formula is C16H27F2N3. The second-order valence-corrected chi connectivity index (χ2v) is 6.57. The molecule has 0 bridgehead atoms. The monoisotopic (exact) mass is 299 g/mol. The first-order valence-corrected chi connectivity index (χ1v) is 8.30. The molecule has 2 atom stereocenters. The van der Waals surface area contributed by atoms with Crippen molar-refractivity contribution in [3.8, 4) is 6.07 Å². The summed E-state index contributed by atoms with van der Waals surface area (Å²) in [5, 5.41) is 15.6. The molecule has 21 heavy (non-hydrogen) atoms. The van der Waals surface area contributed by atoms with Crippen LogP contribution in [0.5, 0.6) is 0 Å². The third kappa shape index (κ3) is 4.37. The fraction of sp³-hybridized carbons (Fsp3) is 0.938. The molecule has 120 valence electrons. The van der Waals surface area contributed by atoms with Crippen LogP contribution < -0.4 is 10.6 Å². The maximum absolute atomic E-state index is 13.9. The Balaban J connectivity index is 1.76. The quantitative estimate of drug-likeness (QED) is 0.767. The van der Waals surface area contributed by atoms with Gasteiger partial charge in [-0.05, 0) is 31.1 Å². The Labute approximate surface area is 126 Å². The minimum atomic E-state index is -1.34. The highest BCUT2D eigenvalue weighted by atomic mass is 19.1. The number of unbranched alkanes of at least 4 members (excludes halogenated alkanes) is 2. The molecule has 0 amide bonds. The van der Waals surface area contributed by atoms with Crippen molar-refractivity contribution in [3.05, 3.63) is 0 Å². The first-order chi connectivity index (χ1) is 10.2. The zero-order chi connectivity index (χ0) is 15.2. The van der Waals surface area contributed by atoms with Crippen molar-refractivity contribution < 1.29 is 8.78 Å². The van der Waals surface area contributed by atoms with Gasteiger partial charge in [0.05, 0.1) is 12.2 Å². The molecule has 2 N–H and O–H groups in total. The Hall–Kier alpha value is -0.730. The maximum Gasteiger partial charge on any atom is 0.119 e. The minimum Gasteiger partial charge on any atom is -0.301 e. The lowest BCUT2D eigenvalue weighted by molar-refractivity contribution is 0.0464. The summed E-state index contributed by atoms with van der Waals surface area (Å²) in [6, 6.07) is 1.77. The van der Waals surface area contributed by atoms with Gasteiger partial charge in [0.15, 0.2) is 0 Å². The van der Waals surface area contributed by atoms with Crippen LogP contribution in [0.3, 0.4) is 0 Å². The van der Waals surface area contributed by atoms with Crippen LogP contribution in [-0.4, -0.2) is 31.6 Å². The summed E-state index contributed by atoms with van der Waals surface area (Å²) >= 11 is 0. The first kappa shape index (κ1) is 16.6. The molecule has 0 spiro atoms. The van der Waals surface area contributed by atoms with Gasteiger partial charge in [0, 0.05) is 13.1 Å². The molecule has 0 radical (unpaired) electrons. The van der Waals surface area contributed by atoms with Crippen molar-refractivity contribution >= 4 is 0 Å². The minimum absolute atomic E-state index is 0.0106. The van der Waals surface area contributed by atoms with Crippen LogP contribution in [0, 0.1) is 29.1 Å². The molecule has 1 aliphatic heterocycles. The van der Waals surface area contributed by atoms with Gasteiger partial charge in [-0.3, -0.25) is 0 Å². The summed E-state index contributed by atoms with van der Waals surface area (Å²) in [6.07, 6.45) is 2.83. The largest absolute Gasteiger partial charge is 0.301 e. The third-order valence-corrected chi connectivity index (χ3v) is 4.92. The van der Waals surface area contributed by atoms with E-state index in [1.807, 2.05) is 0 Å². The molecule has 1 aliphatic carbocycles. The molecule has 1 saturated carbocycles. The van der Waals surface area contributed by atoms with Crippen LogP contribution >= 0.6 is 0 Å². The summed E-state index contributed by atoms with van der Waals surface area (Å²) < 4.78 is 27.7. The maximum atomic E-state index is 13.9. The van der Waals surface area contributed by atoms with Gasteiger partial charge in [-0.2, -0.15) is 5.26 Å². The van der Waals surface area contributed by atoms with Gasteiger partial charge in [-0.1, -0.05) is 26.2 Å². The SMILES string of the molecule is CCCCCC1CNC(C2CC(F)C(C#N)C(F)C2)NC1. The van der Waals surface area contributed by atoms with Crippen LogP contribution in [0.2, 0.25) is 0 Å². The number of nitriles is 1. The van der Waals surface area contributed by atoms with Gasteiger partial charge in [0.1, 0.15) is 18.3 Å². The van der Waals surface area contributed by atoms with Gasteiger partial charge in [0.25, 0.3) is 0 Å². The van der Waals surface area contributed by atoms with Crippen molar-refractivity contribution in [3.63, 3.8) is 0 Å². The average Bonchev–Trinajstić information content (AvgIpc) is 2.48. The Morgan fingerprint density at radius 1 is 1.10 bits per heavy atom. The number of nitrogens with one attached hydrogen (secondary N) is 2. The molecule has 0 aromatic rings. The van der Waals surface area contributed by atoms with E-state index in [0.717, 1.165) is 13.1 Å². The van der Waals surface area contributed by atoms with Crippen LogP contribution in [-0.2, 0) is 0 Å². The predicted molar refractivity (Wildman–Crippen MR) is 79.0 cm³/mol. The molecule has 5 heteroatoms. The normalized spacial score (nSPS) is 40.7. The van der Waals surface area contributed by atoms with E-state index in [2.05, 4.69) is 17.6 Å². The molecular weight excluding hydrogens is 272 g/mol. The van der Waals surface area contributed by atoms with Gasteiger partial charge >= 0.3 is 0 Å². The third-order valence-electron chi connectivity index (χ3n) is 4.92. The summed E-state index contributed by atoms with van der Waals surface area (Å²) in [5.41, 5.74) is 0. The topological polar surface area (TPSA) is 47.9 Å². The zero-order valence-corrected chi connectivity index (χ0v) is 12.8. The molecule has 0 aromatic heterocycles. The van der Waals surface area contributed by atoms with E-state index < -0.39 is 18.3 Å². The lowest BCUT2D eigenvalue weighted by atomic mass is 9.78. The molecule has 2 fully saturated rings. The van der Waals surface area contributed by atoms with E-state index in [4.69, 9.17) is 5.26 Å². The molecule has 2 rings (SSSR count). The van der Waals surface area contributed by atoms with Crippen LogP contribution in [0.4, 0.5) is 8.78 Å². The number of alkyl halides is 2. The molecule has 2 unspecified atom stereocenters. The van der Waals surface area contributed by atoms with E-state index in [9.17, 15) is 8.78 Å². The Kier molecular flexibility index (Phi) is 6.38. The number of hydrogen-bond acceptors (Lipinski definition) is 3. The van der Waals surface area contributed by atoms with E-state index in [-0.39, 0.29) is 24.9 Å². The van der Waals surface area contributed by atoms with Gasteiger partial charge < -0.3 is 10.6 Å². The van der Waals surface area contributed by atoms with Crippen molar-refractivity contribution in [2.24, 2.45) is 17.8 Å². The van der Waals surface area contributed by atoms with E-state index >= 15 is 0 Å². The second kappa shape index (κ2) is 8.05. The zero-order valence-electron chi connectivity index (χ0n) is 12.8. The molecule has 1 heterocycles. The Morgan fingerprint density at radius 3 is 2.24 bits per heavy atom. The number of hydrogen-bond donors (Lipinski definition) is 2. The van der Waals surface area contributed by atoms with Crippen molar-refractivity contribution in [1.29, 1.82) is 5.26 Å². The van der Waals surface area contributed by atoms with Crippen LogP contribution in [0.15, 0.2) is 0 Å². The fourth-order valence-corrected chi connectivity index (χ4v) is 3.58. The van der Waals surface area contributed by atoms with Gasteiger partial charge in [-0.25, -0.2) is 8.78 Å². The molecule has 3 nitrogen and oxygen atoms in total. The Morgan fingerprint density at radius 2 is 1.71 bits per heavy atom. The van der Waals surface area contributed by atoms with Crippen molar-refractivity contribution in [2.75, 3.05) is 13.1 Å². The highest BCUT2D eigenvalue weighted by molar-refractivity contribution is 5.00. The second-order valence-electron chi connectivity index (χ2n) is 6.57. The van der Waals surface area contributed by atoms with E-state index in [1.54, 1.807) is 6.07 Å². The summed E-state index contributed by atoms with van der Waals surface area (Å²) in [4.78, 5) is 0. The summed E-state index contributed by atoms with van der Waals surface area (Å²) in [6.45, 7) is 4.05. The standard InChI is InChI=1S/C16H27F2N3/c1-2-3-4-5-11-9-20-16(21-10-11)12-6-14(17)13(8-19)15(18)7-12/h11-16,20-21H,2-7,9-10H2,1H3. The van der Waals surface area contributed by atoms with Crippen molar-refractivity contribution in [2.45, 2.75) is 64.0 Å². The Bertz CT molecular complexity index is 338. The van der Waals surface area contributed by atoms with Gasteiger partial charge in [-0.15, -0.1) is 0 Å². The molecule has 1 saturated heterocycles. The average molecular weight is 299 g/mol. The summed E-state index contributed by atoms with van der Waals surface area (Å²) in [5.74, 6) is -0.520. The van der Waals surface area contributed by atoms with Gasteiger partial charge in [0.2, 0.25) is 0 Å². The predicted octanol–water partition coefficient (Wildman–Crippen LogP) is 2.93. The highest BCUT2D eigenvalue weighted by Gasteiger charge is 2.42. The lowest BCUT2D eigenvalue weighted by Crippen LogP contribution is -2.58. The number of rotatable bonds is 5. The van der Waals surface area contributed by atoms with E-state index in [1.165, 1.54) is 25.7 Å². The number of nitrogens with zero attached hydrogens (tertiary/aromatic N) is 1. The van der Waals surface area contributed by atoms with Crippen molar-refractivity contribution in [1.82, 2.24) is 10.6 Å². The smallest absolute Gasteiger partial charge is 0.119 e. The summed E-state index contributed by atoms with van der Waals surface area (Å²) in [7, 11) is 0. The highest BCUT2D eigenvalue weighted by Crippen LogP contribution is 2.35. The lowest BCUT2D eigenvalue weighted by Gasteiger charge is -2.40. The van der Waals surface area contributed by atoms with Crippen LogP contribution in [0.1, 0.15) is 45.4 Å². The molecule has 2 aliphatic rings. The fourth-order valence-electron chi connectivity index (χ4n) is 3.58. The van der Waals surface area contributed by atoms with E-state index in [0.29, 0.717) is 5.92 Å². The van der Waals surface area contributed by atoms with Crippen LogP contribution in [0.25, 0.3) is 0 Å². The number of halogens is 2.